The van der Waals surface area contributed by atoms with Crippen LogP contribution in [0.4, 0.5) is 4.39 Å². The van der Waals surface area contributed by atoms with E-state index in [1.807, 2.05) is 6.07 Å². The first-order valence-corrected chi connectivity index (χ1v) is 8.14. The molecule has 0 amide bonds. The maximum absolute atomic E-state index is 14.1. The van der Waals surface area contributed by atoms with Crippen molar-refractivity contribution >= 4 is 11.0 Å². The topological polar surface area (TPSA) is 43.8 Å². The number of rotatable bonds is 3. The Hall–Kier alpha value is -1.42. The summed E-state index contributed by atoms with van der Waals surface area (Å²) >= 11 is 0. The highest BCUT2D eigenvalue weighted by atomic mass is 19.1. The number of aromatic nitrogens is 2. The molecule has 21 heavy (non-hydrogen) atoms. The standard InChI is InChI=1S/C17H22FN3/c18-14-2-1-3-15-16(14)20-17(21(15)13-8-9-13)12-6-4-11(10-19)5-7-12/h1-3,11-13H,4-10,19H2. The fourth-order valence-electron chi connectivity index (χ4n) is 3.76. The number of nitrogens with two attached hydrogens (primary N) is 1. The van der Waals surface area contributed by atoms with Crippen LogP contribution in [0.3, 0.4) is 0 Å². The van der Waals surface area contributed by atoms with Gasteiger partial charge in [-0.05, 0) is 63.1 Å². The van der Waals surface area contributed by atoms with Gasteiger partial charge < -0.3 is 10.3 Å². The molecular weight excluding hydrogens is 265 g/mol. The smallest absolute Gasteiger partial charge is 0.151 e. The number of nitrogens with zero attached hydrogens (tertiary/aromatic N) is 2. The van der Waals surface area contributed by atoms with Gasteiger partial charge in [0.25, 0.3) is 0 Å². The third-order valence-electron chi connectivity index (χ3n) is 5.16. The summed E-state index contributed by atoms with van der Waals surface area (Å²) in [6, 6.07) is 5.87. The second kappa shape index (κ2) is 5.09. The summed E-state index contributed by atoms with van der Waals surface area (Å²) in [7, 11) is 0. The Kier molecular flexibility index (Phi) is 3.21. The van der Waals surface area contributed by atoms with Crippen LogP contribution in [0.15, 0.2) is 18.2 Å². The minimum Gasteiger partial charge on any atom is -0.330 e. The van der Waals surface area contributed by atoms with Crippen molar-refractivity contribution in [2.75, 3.05) is 6.54 Å². The lowest BCUT2D eigenvalue weighted by molar-refractivity contribution is 0.321. The monoisotopic (exact) mass is 287 g/mol. The van der Waals surface area contributed by atoms with E-state index >= 15 is 0 Å². The van der Waals surface area contributed by atoms with Crippen LogP contribution in [0.2, 0.25) is 0 Å². The number of hydrogen-bond donors (Lipinski definition) is 1. The lowest BCUT2D eigenvalue weighted by Gasteiger charge is -2.27. The molecule has 0 spiro atoms. The van der Waals surface area contributed by atoms with E-state index in [1.165, 1.54) is 31.7 Å². The maximum Gasteiger partial charge on any atom is 0.151 e. The zero-order valence-electron chi connectivity index (χ0n) is 12.3. The van der Waals surface area contributed by atoms with E-state index in [2.05, 4.69) is 4.57 Å². The second-order valence-corrected chi connectivity index (χ2v) is 6.63. The number of halogens is 1. The number of hydrogen-bond acceptors (Lipinski definition) is 2. The van der Waals surface area contributed by atoms with Gasteiger partial charge in [0, 0.05) is 12.0 Å². The predicted octanol–water partition coefficient (Wildman–Crippen LogP) is 3.74. The molecule has 2 aliphatic rings. The predicted molar refractivity (Wildman–Crippen MR) is 81.7 cm³/mol. The maximum atomic E-state index is 14.1. The van der Waals surface area contributed by atoms with E-state index in [9.17, 15) is 4.39 Å². The van der Waals surface area contributed by atoms with E-state index in [0.29, 0.717) is 23.4 Å². The van der Waals surface area contributed by atoms with Gasteiger partial charge in [-0.25, -0.2) is 9.37 Å². The van der Waals surface area contributed by atoms with Crippen molar-refractivity contribution in [3.63, 3.8) is 0 Å². The number of fused-ring (bicyclic) bond motifs is 1. The highest BCUT2D eigenvalue weighted by Crippen LogP contribution is 2.43. The number of imidazole rings is 1. The molecule has 1 aromatic carbocycles. The fourth-order valence-corrected chi connectivity index (χ4v) is 3.76. The van der Waals surface area contributed by atoms with E-state index in [1.54, 1.807) is 6.07 Å². The molecule has 1 heterocycles. The molecule has 1 aromatic heterocycles. The Morgan fingerprint density at radius 1 is 1.14 bits per heavy atom. The van der Waals surface area contributed by atoms with E-state index in [0.717, 1.165) is 30.7 Å². The van der Waals surface area contributed by atoms with Crippen molar-refractivity contribution < 1.29 is 4.39 Å². The van der Waals surface area contributed by atoms with Crippen molar-refractivity contribution in [1.29, 1.82) is 0 Å². The van der Waals surface area contributed by atoms with E-state index in [-0.39, 0.29) is 5.82 Å². The molecule has 0 bridgehead atoms. The summed E-state index contributed by atoms with van der Waals surface area (Å²) in [4.78, 5) is 4.70. The van der Waals surface area contributed by atoms with Crippen molar-refractivity contribution in [2.45, 2.75) is 50.5 Å². The van der Waals surface area contributed by atoms with Crippen LogP contribution < -0.4 is 5.73 Å². The normalized spacial score (nSPS) is 26.4. The van der Waals surface area contributed by atoms with Gasteiger partial charge in [0.05, 0.1) is 5.52 Å². The summed E-state index contributed by atoms with van der Waals surface area (Å²) in [5, 5.41) is 0. The van der Waals surface area contributed by atoms with Crippen LogP contribution in [0.5, 0.6) is 0 Å². The number of para-hydroxylation sites is 1. The van der Waals surface area contributed by atoms with Crippen LogP contribution in [-0.2, 0) is 0 Å². The van der Waals surface area contributed by atoms with Crippen molar-refractivity contribution in [3.8, 4) is 0 Å². The van der Waals surface area contributed by atoms with Crippen LogP contribution >= 0.6 is 0 Å². The minimum absolute atomic E-state index is 0.191. The highest BCUT2D eigenvalue weighted by molar-refractivity contribution is 5.77. The minimum atomic E-state index is -0.191. The summed E-state index contributed by atoms with van der Waals surface area (Å²) in [5.41, 5.74) is 7.32. The van der Waals surface area contributed by atoms with Gasteiger partial charge in [-0.1, -0.05) is 6.07 Å². The SMILES string of the molecule is NCC1CCC(c2nc3c(F)cccc3n2C2CC2)CC1. The average molecular weight is 287 g/mol. The molecule has 4 heteroatoms. The Morgan fingerprint density at radius 2 is 1.90 bits per heavy atom. The molecule has 4 rings (SSSR count). The number of benzene rings is 1. The molecular formula is C17H22FN3. The Labute approximate surface area is 124 Å². The average Bonchev–Trinajstić information content (AvgIpc) is 3.28. The van der Waals surface area contributed by atoms with Gasteiger partial charge >= 0.3 is 0 Å². The summed E-state index contributed by atoms with van der Waals surface area (Å²) in [6.07, 6.45) is 7.04. The third kappa shape index (κ3) is 2.26. The van der Waals surface area contributed by atoms with Crippen molar-refractivity contribution in [2.24, 2.45) is 11.7 Å². The van der Waals surface area contributed by atoms with Crippen molar-refractivity contribution in [1.82, 2.24) is 9.55 Å². The Balaban J connectivity index is 1.74. The molecule has 3 nitrogen and oxygen atoms in total. The molecule has 112 valence electrons. The molecule has 2 aliphatic carbocycles. The summed E-state index contributed by atoms with van der Waals surface area (Å²) in [6.45, 7) is 0.792. The molecule has 0 unspecified atom stereocenters. The van der Waals surface area contributed by atoms with E-state index in [4.69, 9.17) is 10.7 Å². The summed E-state index contributed by atoms with van der Waals surface area (Å²) in [5.74, 6) is 2.06. The van der Waals surface area contributed by atoms with Gasteiger partial charge in [0.1, 0.15) is 11.3 Å². The molecule has 2 saturated carbocycles. The van der Waals surface area contributed by atoms with Gasteiger partial charge in [-0.2, -0.15) is 0 Å². The zero-order valence-corrected chi connectivity index (χ0v) is 12.3. The van der Waals surface area contributed by atoms with Gasteiger partial charge in [0.15, 0.2) is 5.82 Å². The largest absolute Gasteiger partial charge is 0.330 e. The second-order valence-electron chi connectivity index (χ2n) is 6.63. The molecule has 0 radical (unpaired) electrons. The van der Waals surface area contributed by atoms with Crippen LogP contribution in [0, 0.1) is 11.7 Å². The zero-order chi connectivity index (χ0) is 14.4. The van der Waals surface area contributed by atoms with Gasteiger partial charge in [0.2, 0.25) is 0 Å². The fraction of sp³-hybridized carbons (Fsp3) is 0.588. The van der Waals surface area contributed by atoms with Crippen LogP contribution in [0.25, 0.3) is 11.0 Å². The van der Waals surface area contributed by atoms with E-state index < -0.39 is 0 Å². The lowest BCUT2D eigenvalue weighted by atomic mass is 9.81. The molecule has 2 fully saturated rings. The Morgan fingerprint density at radius 3 is 2.57 bits per heavy atom. The van der Waals surface area contributed by atoms with Gasteiger partial charge in [-0.3, -0.25) is 0 Å². The Bertz CT molecular complexity index is 651. The summed E-state index contributed by atoms with van der Waals surface area (Å²) < 4.78 is 16.4. The van der Waals surface area contributed by atoms with Crippen LogP contribution in [-0.4, -0.2) is 16.1 Å². The first kappa shape index (κ1) is 13.3. The van der Waals surface area contributed by atoms with Gasteiger partial charge in [-0.15, -0.1) is 0 Å². The molecule has 0 atom stereocenters. The van der Waals surface area contributed by atoms with Crippen molar-refractivity contribution in [3.05, 3.63) is 29.8 Å². The molecule has 2 aromatic rings. The molecule has 2 N–H and O–H groups in total. The lowest BCUT2D eigenvalue weighted by Crippen LogP contribution is -2.22. The molecule has 0 aliphatic heterocycles. The highest BCUT2D eigenvalue weighted by Gasteiger charge is 2.33. The third-order valence-corrected chi connectivity index (χ3v) is 5.16. The first-order chi connectivity index (χ1) is 10.3. The molecule has 0 saturated heterocycles. The van der Waals surface area contributed by atoms with Crippen LogP contribution in [0.1, 0.15) is 56.3 Å². The first-order valence-electron chi connectivity index (χ1n) is 8.14. The quantitative estimate of drug-likeness (QED) is 0.934.